The van der Waals surface area contributed by atoms with Gasteiger partial charge in [0.25, 0.3) is 0 Å². The summed E-state index contributed by atoms with van der Waals surface area (Å²) in [5.41, 5.74) is 0. The van der Waals surface area contributed by atoms with Gasteiger partial charge in [0, 0.05) is 6.42 Å². The minimum absolute atomic E-state index is 0.196. The summed E-state index contributed by atoms with van der Waals surface area (Å²) >= 11 is 0. The Morgan fingerprint density at radius 3 is 0.966 bits per heavy atom. The molecule has 1 amide bonds. The van der Waals surface area contributed by atoms with E-state index in [4.69, 9.17) is 18.9 Å². The zero-order chi connectivity index (χ0) is 63.8. The van der Waals surface area contributed by atoms with Crippen molar-refractivity contribution in [3.05, 3.63) is 0 Å². The highest BCUT2D eigenvalue weighted by Crippen LogP contribution is 2.30. The fourth-order valence-electron chi connectivity index (χ4n) is 13.2. The van der Waals surface area contributed by atoms with Crippen LogP contribution in [-0.4, -0.2) is 140 Å². The van der Waals surface area contributed by atoms with Crippen LogP contribution >= 0.6 is 0 Å². The third kappa shape index (κ3) is 43.1. The first kappa shape index (κ1) is 83.1. The molecule has 14 heteroatoms. The van der Waals surface area contributed by atoms with Gasteiger partial charge in [-0.15, -0.1) is 0 Å². The Kier molecular flexibility index (Phi) is 56.4. The van der Waals surface area contributed by atoms with Crippen molar-refractivity contribution >= 4 is 5.91 Å². The molecule has 0 radical (unpaired) electrons. The largest absolute Gasteiger partial charge is 0.394 e. The number of carbonyl (C=O) groups excluding carboxylic acids is 1. The van der Waals surface area contributed by atoms with Crippen LogP contribution in [0, 0.1) is 0 Å². The maximum Gasteiger partial charge on any atom is 0.220 e. The van der Waals surface area contributed by atoms with E-state index in [-0.39, 0.29) is 12.5 Å². The average molecular weight is 1260 g/mol. The number of aliphatic hydroxyl groups is 8. The maximum atomic E-state index is 13.4. The fraction of sp³-hybridized carbons (Fsp3) is 0.986. The Hall–Kier alpha value is -1.01. The van der Waals surface area contributed by atoms with Crippen LogP contribution in [0.3, 0.4) is 0 Å². The van der Waals surface area contributed by atoms with Gasteiger partial charge >= 0.3 is 0 Å². The van der Waals surface area contributed by atoms with E-state index in [0.29, 0.717) is 12.8 Å². The summed E-state index contributed by atoms with van der Waals surface area (Å²) in [5.74, 6) is -0.196. The lowest BCUT2D eigenvalue weighted by Crippen LogP contribution is -2.65. The topological polar surface area (TPSA) is 228 Å². The predicted octanol–water partition coefficient (Wildman–Crippen LogP) is 16.4. The number of hydrogen-bond donors (Lipinski definition) is 9. The minimum atomic E-state index is -1.78. The first-order valence-electron chi connectivity index (χ1n) is 38.3. The smallest absolute Gasteiger partial charge is 0.220 e. The van der Waals surface area contributed by atoms with E-state index in [1.54, 1.807) is 0 Å². The Balaban J connectivity index is 1.62. The molecule has 12 unspecified atom stereocenters. The second kappa shape index (κ2) is 59.7. The van der Waals surface area contributed by atoms with E-state index >= 15 is 0 Å². The highest BCUT2D eigenvalue weighted by Gasteiger charge is 2.51. The lowest BCUT2D eigenvalue weighted by Gasteiger charge is -2.46. The number of unbranched alkanes of at least 4 members (excludes halogenated alkanes) is 52. The second-order valence-corrected chi connectivity index (χ2v) is 27.5. The molecule has 0 aromatic heterocycles. The van der Waals surface area contributed by atoms with Crippen molar-refractivity contribution < 1.29 is 64.6 Å². The summed E-state index contributed by atoms with van der Waals surface area (Å²) in [7, 11) is 0. The van der Waals surface area contributed by atoms with Crippen molar-refractivity contribution in [3.63, 3.8) is 0 Å². The summed E-state index contributed by atoms with van der Waals surface area (Å²) in [6.07, 6.45) is 55.6. The van der Waals surface area contributed by atoms with Gasteiger partial charge in [0.05, 0.1) is 32.0 Å². The van der Waals surface area contributed by atoms with E-state index in [2.05, 4.69) is 19.2 Å². The number of carbonyl (C=O) groups is 1. The fourth-order valence-corrected chi connectivity index (χ4v) is 13.2. The third-order valence-corrected chi connectivity index (χ3v) is 19.3. The zero-order valence-electron chi connectivity index (χ0n) is 57.3. The van der Waals surface area contributed by atoms with Gasteiger partial charge in [-0.05, 0) is 12.8 Å². The molecule has 2 fully saturated rings. The van der Waals surface area contributed by atoms with Crippen molar-refractivity contribution in [2.75, 3.05) is 19.8 Å². The Labute approximate surface area is 540 Å². The van der Waals surface area contributed by atoms with E-state index in [1.165, 1.54) is 295 Å². The standard InChI is InChI=1S/C74H145NO13/c1-3-5-7-9-11-13-15-17-19-21-23-25-27-29-30-31-32-33-34-36-38-40-42-44-46-48-50-52-54-56-58-66(79)75-62(61-85-73-71(84)69(82)72(65(60-77)87-73)88-74-70(83)68(81)67(80)64(59-76)86-74)63(78)57-55-53-51-49-47-45-43-41-39-37-35-28-26-24-22-20-18-16-14-12-10-8-6-4-2/h62-65,67-74,76-78,80-84H,3-61H2,1-2H3,(H,75,79). The highest BCUT2D eigenvalue weighted by molar-refractivity contribution is 5.76. The molecule has 88 heavy (non-hydrogen) atoms. The van der Waals surface area contributed by atoms with Crippen LogP contribution in [0.5, 0.6) is 0 Å². The molecule has 0 aliphatic carbocycles. The van der Waals surface area contributed by atoms with Crippen LogP contribution in [0.25, 0.3) is 0 Å². The summed E-state index contributed by atoms with van der Waals surface area (Å²) < 4.78 is 23.0. The number of amides is 1. The van der Waals surface area contributed by atoms with Gasteiger partial charge in [-0.2, -0.15) is 0 Å². The summed E-state index contributed by atoms with van der Waals surface area (Å²) in [6, 6.07) is -0.825. The van der Waals surface area contributed by atoms with E-state index in [9.17, 15) is 45.6 Å². The van der Waals surface area contributed by atoms with Gasteiger partial charge in [-0.3, -0.25) is 4.79 Å². The van der Waals surface area contributed by atoms with Crippen LogP contribution in [0.2, 0.25) is 0 Å². The molecule has 2 aliphatic heterocycles. The van der Waals surface area contributed by atoms with Crippen LogP contribution < -0.4 is 5.32 Å². The second-order valence-electron chi connectivity index (χ2n) is 27.5. The van der Waals surface area contributed by atoms with Gasteiger partial charge in [0.15, 0.2) is 12.6 Å². The van der Waals surface area contributed by atoms with Crippen LogP contribution in [0.15, 0.2) is 0 Å². The lowest BCUT2D eigenvalue weighted by atomic mass is 9.97. The highest BCUT2D eigenvalue weighted by atomic mass is 16.7. The van der Waals surface area contributed by atoms with Crippen LogP contribution in [-0.2, 0) is 23.7 Å². The number of aliphatic hydroxyl groups excluding tert-OH is 8. The van der Waals surface area contributed by atoms with E-state index < -0.39 is 86.8 Å². The predicted molar refractivity (Wildman–Crippen MR) is 360 cm³/mol. The zero-order valence-corrected chi connectivity index (χ0v) is 57.3. The molecular formula is C74H145NO13. The van der Waals surface area contributed by atoms with Gasteiger partial charge in [0.2, 0.25) is 5.91 Å². The molecular weight excluding hydrogens is 1110 g/mol. The molecule has 0 bridgehead atoms. The van der Waals surface area contributed by atoms with Crippen molar-refractivity contribution in [1.29, 1.82) is 0 Å². The molecule has 9 N–H and O–H groups in total. The number of ether oxygens (including phenoxy) is 4. The lowest BCUT2D eigenvalue weighted by molar-refractivity contribution is -0.359. The normalized spacial score (nSPS) is 23.0. The summed E-state index contributed by atoms with van der Waals surface area (Å²) in [4.78, 5) is 13.4. The number of hydrogen-bond acceptors (Lipinski definition) is 13. The maximum absolute atomic E-state index is 13.4. The quantitative estimate of drug-likeness (QED) is 0.0259. The SMILES string of the molecule is CCCCCCCCCCCCCCCCCCCCCCCCCCCCCCCCC(=O)NC(COC1OC(CO)C(OC2OC(CO)C(O)C(O)C2O)C(O)C1O)C(O)CCCCCCCCCCCCCCCCCCCCCCCCCC. The van der Waals surface area contributed by atoms with Gasteiger partial charge < -0.3 is 65.1 Å². The molecule has 524 valence electrons. The molecule has 12 atom stereocenters. The first-order chi connectivity index (χ1) is 43.1. The van der Waals surface area contributed by atoms with Crippen molar-refractivity contribution in [2.45, 2.75) is 447 Å². The molecule has 0 spiro atoms. The van der Waals surface area contributed by atoms with Gasteiger partial charge in [0.1, 0.15) is 48.8 Å². The Bertz CT molecular complexity index is 1480. The van der Waals surface area contributed by atoms with Gasteiger partial charge in [-0.1, -0.05) is 354 Å². The molecule has 0 aromatic carbocycles. The Morgan fingerprint density at radius 2 is 0.648 bits per heavy atom. The Morgan fingerprint density at radius 1 is 0.364 bits per heavy atom. The molecule has 14 nitrogen and oxygen atoms in total. The van der Waals surface area contributed by atoms with E-state index in [1.807, 2.05) is 0 Å². The molecule has 2 saturated heterocycles. The van der Waals surface area contributed by atoms with Crippen LogP contribution in [0.4, 0.5) is 0 Å². The van der Waals surface area contributed by atoms with Gasteiger partial charge in [-0.25, -0.2) is 0 Å². The number of nitrogens with one attached hydrogen (secondary N) is 1. The van der Waals surface area contributed by atoms with Crippen molar-refractivity contribution in [3.8, 4) is 0 Å². The van der Waals surface area contributed by atoms with Crippen molar-refractivity contribution in [1.82, 2.24) is 5.32 Å². The third-order valence-electron chi connectivity index (χ3n) is 19.3. The summed E-state index contributed by atoms with van der Waals surface area (Å²) in [5, 5.41) is 87.8. The summed E-state index contributed by atoms with van der Waals surface area (Å²) in [6.45, 7) is 2.94. The van der Waals surface area contributed by atoms with E-state index in [0.717, 1.165) is 51.4 Å². The minimum Gasteiger partial charge on any atom is -0.394 e. The van der Waals surface area contributed by atoms with Crippen molar-refractivity contribution in [2.24, 2.45) is 0 Å². The first-order valence-corrected chi connectivity index (χ1v) is 38.3. The number of rotatable bonds is 65. The average Bonchev–Trinajstić information content (AvgIpc) is 2.03. The molecule has 2 rings (SSSR count). The molecule has 2 aliphatic rings. The monoisotopic (exact) mass is 1260 g/mol. The molecule has 2 heterocycles. The van der Waals surface area contributed by atoms with Crippen LogP contribution in [0.1, 0.15) is 373 Å². The molecule has 0 saturated carbocycles. The molecule has 0 aromatic rings.